The minimum atomic E-state index is -0.951. The van der Waals surface area contributed by atoms with Crippen LogP contribution < -0.4 is 16.2 Å². The summed E-state index contributed by atoms with van der Waals surface area (Å²) in [6, 6.07) is 6.75. The van der Waals surface area contributed by atoms with E-state index in [-0.39, 0.29) is 6.10 Å². The van der Waals surface area contributed by atoms with Crippen LogP contribution in [0.1, 0.15) is 23.2 Å². The van der Waals surface area contributed by atoms with Crippen molar-refractivity contribution in [3.63, 3.8) is 0 Å². The van der Waals surface area contributed by atoms with Crippen LogP contribution in [0.5, 0.6) is 5.75 Å². The quantitative estimate of drug-likeness (QED) is 0.740. The molecule has 0 atom stereocenters. The number of ether oxygens (including phenoxy) is 1. The SMILES string of the molecule is NC(=O)C(=O)N1CCC(Oc2ccccc2C(N)=O)CC1. The highest BCUT2D eigenvalue weighted by Gasteiger charge is 2.27. The number of para-hydroxylation sites is 1. The van der Waals surface area contributed by atoms with Crippen molar-refractivity contribution in [3.8, 4) is 5.75 Å². The van der Waals surface area contributed by atoms with Crippen molar-refractivity contribution < 1.29 is 19.1 Å². The fourth-order valence-corrected chi connectivity index (χ4v) is 2.29. The molecule has 1 aromatic rings. The van der Waals surface area contributed by atoms with Gasteiger partial charge in [0.25, 0.3) is 5.91 Å². The van der Waals surface area contributed by atoms with E-state index in [0.717, 1.165) is 0 Å². The number of likely N-dealkylation sites (tertiary alicyclic amines) is 1. The molecule has 112 valence electrons. The van der Waals surface area contributed by atoms with Gasteiger partial charge in [0.15, 0.2) is 0 Å². The maximum Gasteiger partial charge on any atom is 0.311 e. The van der Waals surface area contributed by atoms with Gasteiger partial charge in [0, 0.05) is 25.9 Å². The predicted octanol–water partition coefficient (Wildman–Crippen LogP) is -0.359. The Balaban J connectivity index is 1.97. The molecule has 1 fully saturated rings. The Morgan fingerprint density at radius 2 is 1.71 bits per heavy atom. The highest BCUT2D eigenvalue weighted by Crippen LogP contribution is 2.22. The monoisotopic (exact) mass is 291 g/mol. The first-order valence-electron chi connectivity index (χ1n) is 6.63. The lowest BCUT2D eigenvalue weighted by atomic mass is 10.1. The van der Waals surface area contributed by atoms with Gasteiger partial charge in [0.05, 0.1) is 5.56 Å². The van der Waals surface area contributed by atoms with E-state index >= 15 is 0 Å². The van der Waals surface area contributed by atoms with Gasteiger partial charge in [-0.1, -0.05) is 12.1 Å². The number of amides is 3. The number of rotatable bonds is 3. The highest BCUT2D eigenvalue weighted by molar-refractivity contribution is 6.34. The molecule has 1 aliphatic heterocycles. The molecular formula is C14H17N3O4. The van der Waals surface area contributed by atoms with Crippen LogP contribution in [-0.2, 0) is 9.59 Å². The molecule has 1 aromatic carbocycles. The number of nitrogens with two attached hydrogens (primary N) is 2. The third-order valence-electron chi connectivity index (χ3n) is 3.39. The zero-order valence-corrected chi connectivity index (χ0v) is 11.5. The van der Waals surface area contributed by atoms with E-state index in [1.807, 2.05) is 0 Å². The summed E-state index contributed by atoms with van der Waals surface area (Å²) >= 11 is 0. The van der Waals surface area contributed by atoms with Crippen molar-refractivity contribution in [1.82, 2.24) is 4.90 Å². The summed E-state index contributed by atoms with van der Waals surface area (Å²) in [4.78, 5) is 35.0. The number of carbonyl (C=O) groups is 3. The van der Waals surface area contributed by atoms with Gasteiger partial charge in [-0.05, 0) is 12.1 Å². The number of piperidine rings is 1. The highest BCUT2D eigenvalue weighted by atomic mass is 16.5. The normalized spacial score (nSPS) is 15.5. The zero-order chi connectivity index (χ0) is 15.4. The second-order valence-corrected chi connectivity index (χ2v) is 4.83. The molecule has 0 aromatic heterocycles. The number of nitrogens with zero attached hydrogens (tertiary/aromatic N) is 1. The van der Waals surface area contributed by atoms with Gasteiger partial charge in [-0.25, -0.2) is 0 Å². The fraction of sp³-hybridized carbons (Fsp3) is 0.357. The molecule has 0 saturated carbocycles. The van der Waals surface area contributed by atoms with Crippen LogP contribution in [0.25, 0.3) is 0 Å². The topological polar surface area (TPSA) is 116 Å². The molecule has 21 heavy (non-hydrogen) atoms. The van der Waals surface area contributed by atoms with Crippen LogP contribution in [0.2, 0.25) is 0 Å². The van der Waals surface area contributed by atoms with E-state index in [1.54, 1.807) is 24.3 Å². The summed E-state index contributed by atoms with van der Waals surface area (Å²) in [5.74, 6) is -1.74. The molecule has 0 spiro atoms. The standard InChI is InChI=1S/C14H17N3O4/c15-12(18)10-3-1-2-4-11(10)21-9-5-7-17(8-6-9)14(20)13(16)19/h1-4,9H,5-8H2,(H2,15,18)(H2,16,19). The maximum absolute atomic E-state index is 11.5. The Bertz CT molecular complexity index is 565. The molecular weight excluding hydrogens is 274 g/mol. The van der Waals surface area contributed by atoms with E-state index in [2.05, 4.69) is 0 Å². The average molecular weight is 291 g/mol. The number of primary amides is 2. The summed E-state index contributed by atoms with van der Waals surface area (Å²) in [6.45, 7) is 0.788. The Kier molecular flexibility index (Phi) is 4.42. The molecule has 4 N–H and O–H groups in total. The number of hydrogen-bond donors (Lipinski definition) is 2. The van der Waals surface area contributed by atoms with Crippen LogP contribution in [0, 0.1) is 0 Å². The molecule has 0 bridgehead atoms. The van der Waals surface area contributed by atoms with Crippen LogP contribution in [0.15, 0.2) is 24.3 Å². The first-order valence-corrected chi connectivity index (χ1v) is 6.63. The van der Waals surface area contributed by atoms with Gasteiger partial charge >= 0.3 is 11.8 Å². The van der Waals surface area contributed by atoms with Gasteiger partial charge in [0.2, 0.25) is 0 Å². The van der Waals surface area contributed by atoms with E-state index in [9.17, 15) is 14.4 Å². The third kappa shape index (κ3) is 3.50. The molecule has 0 radical (unpaired) electrons. The van der Waals surface area contributed by atoms with Crippen LogP contribution in [0.3, 0.4) is 0 Å². The maximum atomic E-state index is 11.5. The fourth-order valence-electron chi connectivity index (χ4n) is 2.29. The molecule has 7 heteroatoms. The van der Waals surface area contributed by atoms with Gasteiger partial charge in [-0.15, -0.1) is 0 Å². The lowest BCUT2D eigenvalue weighted by Crippen LogP contribution is -2.46. The Morgan fingerprint density at radius 1 is 1.10 bits per heavy atom. The van der Waals surface area contributed by atoms with Crippen molar-refractivity contribution >= 4 is 17.7 Å². The molecule has 3 amide bonds. The summed E-state index contributed by atoms with van der Waals surface area (Å²) in [5.41, 5.74) is 10.6. The summed E-state index contributed by atoms with van der Waals surface area (Å²) in [5, 5.41) is 0. The molecule has 0 aliphatic carbocycles. The number of benzene rings is 1. The summed E-state index contributed by atoms with van der Waals surface area (Å²) < 4.78 is 5.78. The van der Waals surface area contributed by atoms with Crippen molar-refractivity contribution in [1.29, 1.82) is 0 Å². The smallest absolute Gasteiger partial charge is 0.311 e. The molecule has 1 saturated heterocycles. The van der Waals surface area contributed by atoms with E-state index in [0.29, 0.717) is 37.2 Å². The number of carbonyl (C=O) groups excluding carboxylic acids is 3. The molecule has 1 aliphatic rings. The average Bonchev–Trinajstić information content (AvgIpc) is 2.47. The Hall–Kier alpha value is -2.57. The second kappa shape index (κ2) is 6.25. The van der Waals surface area contributed by atoms with Crippen molar-refractivity contribution in [3.05, 3.63) is 29.8 Å². The van der Waals surface area contributed by atoms with E-state index in [4.69, 9.17) is 16.2 Å². The third-order valence-corrected chi connectivity index (χ3v) is 3.39. The molecule has 0 unspecified atom stereocenters. The summed E-state index contributed by atoms with van der Waals surface area (Å²) in [6.07, 6.45) is 0.987. The van der Waals surface area contributed by atoms with Gasteiger partial charge < -0.3 is 21.1 Å². The van der Waals surface area contributed by atoms with Gasteiger partial charge in [-0.3, -0.25) is 14.4 Å². The molecule has 7 nitrogen and oxygen atoms in total. The van der Waals surface area contributed by atoms with Crippen molar-refractivity contribution in [2.45, 2.75) is 18.9 Å². The van der Waals surface area contributed by atoms with Gasteiger partial charge in [0.1, 0.15) is 11.9 Å². The Labute approximate surface area is 121 Å². The molecule has 2 rings (SSSR count). The van der Waals surface area contributed by atoms with Crippen LogP contribution >= 0.6 is 0 Å². The Morgan fingerprint density at radius 3 is 2.29 bits per heavy atom. The predicted molar refractivity (Wildman–Crippen MR) is 74.4 cm³/mol. The lowest BCUT2D eigenvalue weighted by molar-refractivity contribution is -0.145. The van der Waals surface area contributed by atoms with Crippen molar-refractivity contribution in [2.75, 3.05) is 13.1 Å². The number of hydrogen-bond acceptors (Lipinski definition) is 4. The van der Waals surface area contributed by atoms with E-state index in [1.165, 1.54) is 4.90 Å². The van der Waals surface area contributed by atoms with Gasteiger partial charge in [-0.2, -0.15) is 0 Å². The second-order valence-electron chi connectivity index (χ2n) is 4.83. The first-order chi connectivity index (χ1) is 9.99. The summed E-state index contributed by atoms with van der Waals surface area (Å²) in [7, 11) is 0. The zero-order valence-electron chi connectivity index (χ0n) is 11.5. The van der Waals surface area contributed by atoms with E-state index < -0.39 is 17.7 Å². The minimum Gasteiger partial charge on any atom is -0.489 e. The first kappa shape index (κ1) is 14.8. The lowest BCUT2D eigenvalue weighted by Gasteiger charge is -2.31. The largest absolute Gasteiger partial charge is 0.489 e. The minimum absolute atomic E-state index is 0.137. The molecule has 1 heterocycles. The van der Waals surface area contributed by atoms with Crippen molar-refractivity contribution in [2.24, 2.45) is 11.5 Å². The van der Waals surface area contributed by atoms with Crippen LogP contribution in [0.4, 0.5) is 0 Å². The van der Waals surface area contributed by atoms with Crippen LogP contribution in [-0.4, -0.2) is 41.8 Å².